The van der Waals surface area contributed by atoms with Gasteiger partial charge in [-0.15, -0.1) is 0 Å². The highest BCUT2D eigenvalue weighted by Crippen LogP contribution is 1.90. The molecule has 0 aromatic carbocycles. The molecule has 0 aromatic heterocycles. The van der Waals surface area contributed by atoms with Gasteiger partial charge in [0.15, 0.2) is 0 Å². The second-order valence-corrected chi connectivity index (χ2v) is 2.51. The lowest BCUT2D eigenvalue weighted by atomic mass is 10.4. The highest BCUT2D eigenvalue weighted by Gasteiger charge is 2.10. The van der Waals surface area contributed by atoms with Gasteiger partial charge in [0.1, 0.15) is 0 Å². The Morgan fingerprint density at radius 3 is 2.17 bits per heavy atom. The fourth-order valence-electron chi connectivity index (χ4n) is 0.980. The Bertz CT molecular complexity index is 172. The molecule has 0 atom stereocenters. The van der Waals surface area contributed by atoms with Crippen LogP contribution in [0.5, 0.6) is 0 Å². The van der Waals surface area contributed by atoms with E-state index in [-0.39, 0.29) is 5.91 Å². The van der Waals surface area contributed by atoms with Gasteiger partial charge < -0.3 is 10.2 Å². The third kappa shape index (κ3) is 4.96. The molecule has 1 aliphatic heterocycles. The maximum atomic E-state index is 10.7. The van der Waals surface area contributed by atoms with Crippen molar-refractivity contribution in [1.29, 1.82) is 0 Å². The summed E-state index contributed by atoms with van der Waals surface area (Å²) in [6, 6.07) is 0. The lowest BCUT2D eigenvalue weighted by molar-refractivity contribution is -0.129. The highest BCUT2D eigenvalue weighted by atomic mass is 32.1. The lowest BCUT2D eigenvalue weighted by Crippen LogP contribution is -2.45. The van der Waals surface area contributed by atoms with Crippen LogP contribution in [0.2, 0.25) is 0 Å². The molecule has 1 N–H and O–H groups in total. The number of nitrogens with zero attached hydrogens (tertiary/aromatic N) is 1. The molecule has 1 rings (SSSR count). The van der Waals surface area contributed by atoms with E-state index < -0.39 is 0 Å². The first-order chi connectivity index (χ1) is 5.72. The number of carbonyl (C=O) groups excluding carboxylic acids is 2. The first-order valence-corrected chi connectivity index (χ1v) is 4.08. The molecular formula is C7H12N2O2S. The van der Waals surface area contributed by atoms with Gasteiger partial charge in [0.2, 0.25) is 11.1 Å². The van der Waals surface area contributed by atoms with E-state index in [4.69, 9.17) is 4.79 Å². The van der Waals surface area contributed by atoms with E-state index in [1.807, 2.05) is 4.90 Å². The summed E-state index contributed by atoms with van der Waals surface area (Å²) in [6.45, 7) is 5.25. The third-order valence-electron chi connectivity index (χ3n) is 1.56. The summed E-state index contributed by atoms with van der Waals surface area (Å²) in [5.74, 6) is 0.191. The summed E-state index contributed by atoms with van der Waals surface area (Å²) in [5, 5.41) is 4.26. The topological polar surface area (TPSA) is 49.4 Å². The molecule has 0 spiro atoms. The fraction of sp³-hybridized carbons (Fsp3) is 0.714. The number of nitrogens with one attached hydrogen (secondary N) is 1. The van der Waals surface area contributed by atoms with Gasteiger partial charge in [-0.2, -0.15) is 0 Å². The number of piperazine rings is 1. The molecule has 5 heteroatoms. The predicted octanol–water partition coefficient (Wildman–Crippen LogP) is -0.311. The predicted molar refractivity (Wildman–Crippen MR) is 48.4 cm³/mol. The van der Waals surface area contributed by atoms with Crippen molar-refractivity contribution in [2.45, 2.75) is 6.92 Å². The number of carbonyl (C=O) groups is 1. The second kappa shape index (κ2) is 6.91. The molecule has 4 nitrogen and oxygen atoms in total. The number of rotatable bonds is 0. The van der Waals surface area contributed by atoms with Crippen molar-refractivity contribution in [3.8, 4) is 0 Å². The van der Waals surface area contributed by atoms with Gasteiger partial charge in [-0.3, -0.25) is 4.79 Å². The van der Waals surface area contributed by atoms with Crippen LogP contribution in [-0.2, 0) is 9.59 Å². The molecule has 12 heavy (non-hydrogen) atoms. The van der Waals surface area contributed by atoms with Gasteiger partial charge in [-0.05, 0) is 0 Å². The molecule has 0 aliphatic carbocycles. The van der Waals surface area contributed by atoms with Gasteiger partial charge >= 0.3 is 0 Å². The zero-order valence-electron chi connectivity index (χ0n) is 7.00. The zero-order valence-corrected chi connectivity index (χ0v) is 7.82. The first kappa shape index (κ1) is 11.2. The molecule has 1 aliphatic rings. The van der Waals surface area contributed by atoms with Crippen LogP contribution < -0.4 is 5.32 Å². The third-order valence-corrected chi connectivity index (χ3v) is 1.56. The van der Waals surface area contributed by atoms with Gasteiger partial charge in [-0.1, -0.05) is 0 Å². The number of hydrogen-bond acceptors (Lipinski definition) is 4. The Labute approximate surface area is 76.9 Å². The Morgan fingerprint density at radius 1 is 1.50 bits per heavy atom. The summed E-state index contributed by atoms with van der Waals surface area (Å²) in [6.07, 6.45) is 0. The minimum absolute atomic E-state index is 0.191. The zero-order chi connectivity index (χ0) is 9.40. The monoisotopic (exact) mass is 188 g/mol. The summed E-state index contributed by atoms with van der Waals surface area (Å²) >= 11 is 3.59. The van der Waals surface area contributed by atoms with Crippen molar-refractivity contribution in [3.63, 3.8) is 0 Å². The fourth-order valence-corrected chi connectivity index (χ4v) is 0.980. The molecule has 1 fully saturated rings. The standard InChI is InChI=1S/C6H12N2O.COS/c1-6(9)8-4-2-7-3-5-8;2-1-3/h7H,2-5H2,1H3;. The molecule has 0 bridgehead atoms. The van der Waals surface area contributed by atoms with Crippen LogP contribution in [0.4, 0.5) is 0 Å². The summed E-state index contributed by atoms with van der Waals surface area (Å²) in [4.78, 5) is 21.0. The van der Waals surface area contributed by atoms with Gasteiger partial charge in [0.25, 0.3) is 0 Å². The SMILES string of the molecule is CC(=O)N1CCNCC1.O=C=S. The smallest absolute Gasteiger partial charge is 0.219 e. The molecule has 0 unspecified atom stereocenters. The lowest BCUT2D eigenvalue weighted by Gasteiger charge is -2.25. The number of amides is 1. The van der Waals surface area contributed by atoms with E-state index in [0.717, 1.165) is 31.4 Å². The molecule has 0 radical (unpaired) electrons. The van der Waals surface area contributed by atoms with Crippen LogP contribution in [0.1, 0.15) is 6.92 Å². The molecule has 0 aromatic rings. The highest BCUT2D eigenvalue weighted by molar-refractivity contribution is 7.78. The molecule has 1 amide bonds. The van der Waals surface area contributed by atoms with Crippen LogP contribution in [-0.4, -0.2) is 42.2 Å². The Kier molecular flexibility index (Phi) is 6.47. The van der Waals surface area contributed by atoms with E-state index in [9.17, 15) is 4.79 Å². The molecule has 1 saturated heterocycles. The van der Waals surface area contributed by atoms with Crippen LogP contribution in [0.3, 0.4) is 0 Å². The molecule has 1 heterocycles. The summed E-state index contributed by atoms with van der Waals surface area (Å²) in [7, 11) is 0. The summed E-state index contributed by atoms with van der Waals surface area (Å²) < 4.78 is 0. The van der Waals surface area contributed by atoms with Gasteiger partial charge in [-0.25, -0.2) is 4.79 Å². The molecular weight excluding hydrogens is 176 g/mol. The van der Waals surface area contributed by atoms with E-state index >= 15 is 0 Å². The van der Waals surface area contributed by atoms with Crippen molar-refractivity contribution in [1.82, 2.24) is 10.2 Å². The van der Waals surface area contributed by atoms with Gasteiger partial charge in [0.05, 0.1) is 0 Å². The minimum Gasteiger partial charge on any atom is -0.340 e. The number of hydrogen-bond donors (Lipinski definition) is 1. The Balaban J connectivity index is 0.000000354. The largest absolute Gasteiger partial charge is 0.340 e. The average Bonchev–Trinajstić information content (AvgIpc) is 2.07. The van der Waals surface area contributed by atoms with Crippen LogP contribution in [0, 0.1) is 0 Å². The van der Waals surface area contributed by atoms with Crippen LogP contribution >= 0.6 is 12.2 Å². The second-order valence-electron chi connectivity index (χ2n) is 2.34. The van der Waals surface area contributed by atoms with Crippen molar-refractivity contribution < 1.29 is 9.59 Å². The van der Waals surface area contributed by atoms with E-state index in [1.165, 1.54) is 0 Å². The van der Waals surface area contributed by atoms with Crippen molar-refractivity contribution in [2.24, 2.45) is 0 Å². The quantitative estimate of drug-likeness (QED) is 0.530. The number of thiocarbonyl (C=S) groups is 1. The van der Waals surface area contributed by atoms with Crippen LogP contribution in [0.25, 0.3) is 0 Å². The van der Waals surface area contributed by atoms with E-state index in [1.54, 1.807) is 6.92 Å². The van der Waals surface area contributed by atoms with Crippen molar-refractivity contribution in [2.75, 3.05) is 26.2 Å². The first-order valence-electron chi connectivity index (χ1n) is 3.68. The normalized spacial score (nSPS) is 15.6. The van der Waals surface area contributed by atoms with Crippen molar-refractivity contribution >= 4 is 23.4 Å². The van der Waals surface area contributed by atoms with E-state index in [0.29, 0.717) is 0 Å². The van der Waals surface area contributed by atoms with E-state index in [2.05, 4.69) is 17.5 Å². The Hall–Kier alpha value is -0.770. The maximum Gasteiger partial charge on any atom is 0.219 e. The molecule has 0 saturated carbocycles. The van der Waals surface area contributed by atoms with Crippen molar-refractivity contribution in [3.05, 3.63) is 0 Å². The molecule has 68 valence electrons. The van der Waals surface area contributed by atoms with Gasteiger partial charge in [0, 0.05) is 45.3 Å². The Morgan fingerprint density at radius 2 is 1.92 bits per heavy atom. The van der Waals surface area contributed by atoms with Crippen LogP contribution in [0.15, 0.2) is 0 Å². The minimum atomic E-state index is 0.191. The maximum absolute atomic E-state index is 10.7. The average molecular weight is 188 g/mol. The summed E-state index contributed by atoms with van der Waals surface area (Å²) in [5.41, 5.74) is 0.